The number of nitrogens with zero attached hydrogens (tertiary/aromatic N) is 2. The molecule has 1 heterocycles. The number of piperidine rings is 1. The molecule has 2 rings (SSSR count). The lowest BCUT2D eigenvalue weighted by Crippen LogP contribution is -2.46. The first-order chi connectivity index (χ1) is 8.98. The molecule has 0 bridgehead atoms. The van der Waals surface area contributed by atoms with E-state index in [2.05, 4.69) is 0 Å². The topological polar surface area (TPSA) is 64.3 Å². The summed E-state index contributed by atoms with van der Waals surface area (Å²) in [6.07, 6.45) is 1.31. The summed E-state index contributed by atoms with van der Waals surface area (Å²) in [6, 6.07) is 6.29. The zero-order valence-corrected chi connectivity index (χ0v) is 10.7. The Hall–Kier alpha value is -2.09. The Morgan fingerprint density at radius 1 is 1.58 bits per heavy atom. The Labute approximate surface area is 111 Å². The van der Waals surface area contributed by atoms with Gasteiger partial charge in [-0.1, -0.05) is 6.07 Å². The van der Waals surface area contributed by atoms with Gasteiger partial charge in [-0.2, -0.15) is 5.26 Å². The number of halogens is 1. The van der Waals surface area contributed by atoms with Gasteiger partial charge in [0.25, 0.3) is 0 Å². The van der Waals surface area contributed by atoms with Crippen LogP contribution in [0.15, 0.2) is 18.2 Å². The first-order valence-electron chi connectivity index (χ1n) is 6.15. The van der Waals surface area contributed by atoms with Crippen molar-refractivity contribution >= 4 is 11.7 Å². The third-order valence-electron chi connectivity index (χ3n) is 3.66. The largest absolute Gasteiger partial charge is 0.481 e. The molecule has 1 atom stereocenters. The van der Waals surface area contributed by atoms with E-state index < -0.39 is 17.2 Å². The van der Waals surface area contributed by atoms with Crippen LogP contribution in [-0.4, -0.2) is 24.2 Å². The number of benzene rings is 1. The molecule has 0 saturated carbocycles. The molecule has 1 N–H and O–H groups in total. The lowest BCUT2D eigenvalue weighted by molar-refractivity contribution is -0.148. The molecule has 4 nitrogen and oxygen atoms in total. The van der Waals surface area contributed by atoms with E-state index in [-0.39, 0.29) is 5.56 Å². The number of rotatable bonds is 2. The quantitative estimate of drug-likeness (QED) is 0.888. The van der Waals surface area contributed by atoms with Gasteiger partial charge in [-0.3, -0.25) is 4.79 Å². The third-order valence-corrected chi connectivity index (χ3v) is 3.66. The Kier molecular flexibility index (Phi) is 3.43. The maximum Gasteiger partial charge on any atom is 0.311 e. The zero-order chi connectivity index (χ0) is 14.0. The van der Waals surface area contributed by atoms with Crippen LogP contribution in [0.3, 0.4) is 0 Å². The highest BCUT2D eigenvalue weighted by molar-refractivity contribution is 5.76. The van der Waals surface area contributed by atoms with Crippen molar-refractivity contribution < 1.29 is 14.3 Å². The minimum Gasteiger partial charge on any atom is -0.481 e. The SMILES string of the molecule is CC1(C(=O)O)CCCN(c2cccc(F)c2C#N)C1. The summed E-state index contributed by atoms with van der Waals surface area (Å²) >= 11 is 0. The van der Waals surface area contributed by atoms with Gasteiger partial charge in [-0.25, -0.2) is 4.39 Å². The van der Waals surface area contributed by atoms with Gasteiger partial charge in [-0.15, -0.1) is 0 Å². The molecule has 1 aromatic rings. The number of hydrogen-bond acceptors (Lipinski definition) is 3. The highest BCUT2D eigenvalue weighted by Crippen LogP contribution is 2.34. The fraction of sp³-hybridized carbons (Fsp3) is 0.429. The summed E-state index contributed by atoms with van der Waals surface area (Å²) in [4.78, 5) is 13.1. The molecule has 1 aliphatic heterocycles. The lowest BCUT2D eigenvalue weighted by atomic mass is 9.81. The van der Waals surface area contributed by atoms with Crippen LogP contribution in [0.5, 0.6) is 0 Å². The van der Waals surface area contributed by atoms with Crippen molar-refractivity contribution in [2.75, 3.05) is 18.0 Å². The normalized spacial score (nSPS) is 22.9. The van der Waals surface area contributed by atoms with E-state index in [1.54, 1.807) is 17.9 Å². The molecule has 5 heteroatoms. The average molecular weight is 262 g/mol. The van der Waals surface area contributed by atoms with Crippen LogP contribution in [0.1, 0.15) is 25.3 Å². The third kappa shape index (κ3) is 2.39. The van der Waals surface area contributed by atoms with Gasteiger partial charge in [0.1, 0.15) is 17.4 Å². The molecule has 1 unspecified atom stereocenters. The van der Waals surface area contributed by atoms with Crippen LogP contribution in [0.4, 0.5) is 10.1 Å². The molecule has 1 saturated heterocycles. The smallest absolute Gasteiger partial charge is 0.311 e. The molecule has 0 spiro atoms. The molecule has 1 fully saturated rings. The summed E-state index contributed by atoms with van der Waals surface area (Å²) in [7, 11) is 0. The van der Waals surface area contributed by atoms with Gasteiger partial charge < -0.3 is 10.0 Å². The molecule has 1 aromatic carbocycles. The van der Waals surface area contributed by atoms with Crippen LogP contribution in [0.2, 0.25) is 0 Å². The van der Waals surface area contributed by atoms with Gasteiger partial charge in [0, 0.05) is 13.1 Å². The summed E-state index contributed by atoms with van der Waals surface area (Å²) in [5.74, 6) is -1.42. The minimum absolute atomic E-state index is 0.0165. The van der Waals surface area contributed by atoms with Crippen LogP contribution >= 0.6 is 0 Å². The summed E-state index contributed by atoms with van der Waals surface area (Å²) < 4.78 is 13.6. The van der Waals surface area contributed by atoms with Crippen molar-refractivity contribution in [3.63, 3.8) is 0 Å². The molecule has 0 amide bonds. The van der Waals surface area contributed by atoms with Crippen molar-refractivity contribution in [1.29, 1.82) is 5.26 Å². The predicted molar refractivity (Wildman–Crippen MR) is 68.3 cm³/mol. The number of anilines is 1. The molecule has 1 aliphatic rings. The van der Waals surface area contributed by atoms with Crippen LogP contribution in [0.25, 0.3) is 0 Å². The van der Waals surface area contributed by atoms with Gasteiger partial charge in [-0.05, 0) is 31.9 Å². The van der Waals surface area contributed by atoms with Crippen molar-refractivity contribution in [2.45, 2.75) is 19.8 Å². The van der Waals surface area contributed by atoms with Crippen LogP contribution in [-0.2, 0) is 4.79 Å². The minimum atomic E-state index is -0.855. The number of hydrogen-bond donors (Lipinski definition) is 1. The van der Waals surface area contributed by atoms with E-state index >= 15 is 0 Å². The Balaban J connectivity index is 2.36. The molecular weight excluding hydrogens is 247 g/mol. The van der Waals surface area contributed by atoms with E-state index in [9.17, 15) is 14.3 Å². The zero-order valence-electron chi connectivity index (χ0n) is 10.7. The van der Waals surface area contributed by atoms with Crippen LogP contribution in [0, 0.1) is 22.6 Å². The van der Waals surface area contributed by atoms with Crippen molar-refractivity contribution in [3.8, 4) is 6.07 Å². The van der Waals surface area contributed by atoms with E-state index in [0.717, 1.165) is 0 Å². The second kappa shape index (κ2) is 4.88. The highest BCUT2D eigenvalue weighted by atomic mass is 19.1. The molecule has 19 heavy (non-hydrogen) atoms. The number of nitriles is 1. The highest BCUT2D eigenvalue weighted by Gasteiger charge is 2.38. The second-order valence-electron chi connectivity index (χ2n) is 5.14. The summed E-state index contributed by atoms with van der Waals surface area (Å²) in [6.45, 7) is 2.62. The lowest BCUT2D eigenvalue weighted by Gasteiger charge is -2.39. The summed E-state index contributed by atoms with van der Waals surface area (Å²) in [5, 5.41) is 18.3. The molecule has 100 valence electrons. The molecule has 0 aromatic heterocycles. The van der Waals surface area contributed by atoms with E-state index in [1.807, 2.05) is 6.07 Å². The van der Waals surface area contributed by atoms with Gasteiger partial charge >= 0.3 is 5.97 Å². The predicted octanol–water partition coefficient (Wildman–Crippen LogP) is 2.39. The first-order valence-corrected chi connectivity index (χ1v) is 6.15. The number of carboxylic acid groups (broad SMARTS) is 1. The molecular formula is C14H15FN2O2. The number of carboxylic acids is 1. The molecule has 0 aliphatic carbocycles. The first kappa shape index (κ1) is 13.3. The second-order valence-corrected chi connectivity index (χ2v) is 5.14. The fourth-order valence-electron chi connectivity index (χ4n) is 2.51. The van der Waals surface area contributed by atoms with E-state index in [0.29, 0.717) is 31.6 Å². The Bertz CT molecular complexity index is 553. The average Bonchev–Trinajstić information content (AvgIpc) is 2.38. The van der Waals surface area contributed by atoms with Gasteiger partial charge in [0.05, 0.1) is 11.1 Å². The summed E-state index contributed by atoms with van der Waals surface area (Å²) in [5.41, 5.74) is -0.385. The van der Waals surface area contributed by atoms with Gasteiger partial charge in [0.15, 0.2) is 0 Å². The Morgan fingerprint density at radius 2 is 2.32 bits per heavy atom. The van der Waals surface area contributed by atoms with E-state index in [1.165, 1.54) is 12.1 Å². The number of carbonyl (C=O) groups is 1. The van der Waals surface area contributed by atoms with Crippen LogP contribution < -0.4 is 4.90 Å². The van der Waals surface area contributed by atoms with Gasteiger partial charge in [0.2, 0.25) is 0 Å². The standard InChI is InChI=1S/C14H15FN2O2/c1-14(13(18)19)6-3-7-17(9-14)12-5-2-4-11(15)10(12)8-16/h2,4-5H,3,6-7,9H2,1H3,(H,18,19). The van der Waals surface area contributed by atoms with Crippen molar-refractivity contribution in [2.24, 2.45) is 5.41 Å². The van der Waals surface area contributed by atoms with Crippen molar-refractivity contribution in [1.82, 2.24) is 0 Å². The molecule has 0 radical (unpaired) electrons. The fourth-order valence-corrected chi connectivity index (χ4v) is 2.51. The van der Waals surface area contributed by atoms with E-state index in [4.69, 9.17) is 5.26 Å². The monoisotopic (exact) mass is 262 g/mol. The maximum absolute atomic E-state index is 13.6. The van der Waals surface area contributed by atoms with Crippen molar-refractivity contribution in [3.05, 3.63) is 29.6 Å². The maximum atomic E-state index is 13.6. The number of aliphatic carboxylic acids is 1. The Morgan fingerprint density at radius 3 is 2.95 bits per heavy atom.